The van der Waals surface area contributed by atoms with Crippen molar-refractivity contribution in [3.8, 4) is 11.5 Å². The van der Waals surface area contributed by atoms with Crippen molar-refractivity contribution >= 4 is 26.0 Å². The van der Waals surface area contributed by atoms with Gasteiger partial charge in [0, 0.05) is 13.1 Å². The van der Waals surface area contributed by atoms with Gasteiger partial charge in [-0.1, -0.05) is 31.2 Å². The highest BCUT2D eigenvalue weighted by atomic mass is 79.9. The van der Waals surface area contributed by atoms with Crippen LogP contribution in [0.5, 0.6) is 11.5 Å². The van der Waals surface area contributed by atoms with Crippen molar-refractivity contribution in [1.82, 2.24) is 4.31 Å². The van der Waals surface area contributed by atoms with Crippen LogP contribution in [0.2, 0.25) is 0 Å². The lowest BCUT2D eigenvalue weighted by atomic mass is 10.1. The molecule has 0 aliphatic heterocycles. The third-order valence-corrected chi connectivity index (χ3v) is 8.02. The van der Waals surface area contributed by atoms with E-state index in [1.807, 2.05) is 55.5 Å². The summed E-state index contributed by atoms with van der Waals surface area (Å²) in [5.74, 6) is 1.15. The highest BCUT2D eigenvalue weighted by Crippen LogP contribution is 2.26. The molecule has 2 aromatic rings. The van der Waals surface area contributed by atoms with E-state index in [1.165, 1.54) is 10.4 Å². The van der Waals surface area contributed by atoms with Gasteiger partial charge in [-0.3, -0.25) is 0 Å². The predicted octanol–water partition coefficient (Wildman–Crippen LogP) is 5.66. The van der Waals surface area contributed by atoms with Crippen LogP contribution in [0, 0.1) is 5.92 Å². The van der Waals surface area contributed by atoms with Gasteiger partial charge in [0.2, 0.25) is 10.0 Å². The van der Waals surface area contributed by atoms with E-state index in [9.17, 15) is 12.8 Å². The van der Waals surface area contributed by atoms with Crippen LogP contribution in [0.4, 0.5) is 4.39 Å². The van der Waals surface area contributed by atoms with Gasteiger partial charge in [-0.2, -0.15) is 8.70 Å². The smallest absolute Gasteiger partial charge is 0.217 e. The number of halogens is 2. The molecule has 0 spiro atoms. The molecule has 2 aromatic carbocycles. The second-order valence-electron chi connectivity index (χ2n) is 7.42. The Morgan fingerprint density at radius 2 is 1.39 bits per heavy atom. The van der Waals surface area contributed by atoms with E-state index in [1.54, 1.807) is 21.1 Å². The Bertz CT molecular complexity index is 909. The Balaban J connectivity index is 2.32. The van der Waals surface area contributed by atoms with E-state index in [4.69, 9.17) is 9.47 Å². The summed E-state index contributed by atoms with van der Waals surface area (Å²) in [4.78, 5) is 0. The highest BCUT2D eigenvalue weighted by molar-refractivity contribution is 9.11. The molecule has 0 N–H and O–H groups in total. The van der Waals surface area contributed by atoms with E-state index in [2.05, 4.69) is 15.9 Å². The lowest BCUT2D eigenvalue weighted by molar-refractivity contribution is 0.381. The SMILES string of the molecule is COc1ccc(CN(Cc2ccc(OC)cc2)S(=O)(=O)C(C)C(C)CC=C(F)Br)cc1. The molecule has 0 bridgehead atoms. The van der Waals surface area contributed by atoms with Crippen LogP contribution in [-0.2, 0) is 23.1 Å². The largest absolute Gasteiger partial charge is 0.497 e. The predicted molar refractivity (Wildman–Crippen MR) is 126 cm³/mol. The van der Waals surface area contributed by atoms with Gasteiger partial charge in [0.25, 0.3) is 0 Å². The highest BCUT2D eigenvalue weighted by Gasteiger charge is 2.32. The molecule has 2 unspecified atom stereocenters. The van der Waals surface area contributed by atoms with Crippen molar-refractivity contribution in [3.05, 3.63) is 70.5 Å². The number of hydrogen-bond donors (Lipinski definition) is 0. The average molecular weight is 514 g/mol. The van der Waals surface area contributed by atoms with Gasteiger partial charge in [-0.15, -0.1) is 0 Å². The van der Waals surface area contributed by atoms with Crippen LogP contribution in [-0.4, -0.2) is 32.2 Å². The van der Waals surface area contributed by atoms with Gasteiger partial charge in [0.1, 0.15) is 11.5 Å². The standard InChI is InChI=1S/C23H29BrFNO4S/c1-17(5-14-23(24)25)18(2)31(27,28)26(15-19-6-10-21(29-3)11-7-19)16-20-8-12-22(30-4)13-9-20/h6-14,17-18H,5,15-16H2,1-4H3. The second-order valence-corrected chi connectivity index (χ2v) is 10.5. The maximum atomic E-state index is 13.5. The molecule has 31 heavy (non-hydrogen) atoms. The molecule has 0 radical (unpaired) electrons. The monoisotopic (exact) mass is 513 g/mol. The minimum absolute atomic E-state index is 0.220. The van der Waals surface area contributed by atoms with E-state index in [-0.39, 0.29) is 19.0 Å². The minimum Gasteiger partial charge on any atom is -0.497 e. The van der Waals surface area contributed by atoms with Crippen LogP contribution >= 0.6 is 15.9 Å². The Kier molecular flexibility index (Phi) is 9.53. The fourth-order valence-electron chi connectivity index (χ4n) is 3.10. The lowest BCUT2D eigenvalue weighted by Crippen LogP contribution is -2.39. The van der Waals surface area contributed by atoms with E-state index >= 15 is 0 Å². The average Bonchev–Trinajstić information content (AvgIpc) is 2.77. The van der Waals surface area contributed by atoms with Crippen LogP contribution in [0.1, 0.15) is 31.4 Å². The summed E-state index contributed by atoms with van der Waals surface area (Å²) in [6.45, 7) is 3.93. The molecule has 2 rings (SSSR count). The van der Waals surface area contributed by atoms with Crippen LogP contribution in [0.25, 0.3) is 0 Å². The first kappa shape index (κ1) is 25.4. The van der Waals surface area contributed by atoms with Gasteiger partial charge in [-0.25, -0.2) is 8.42 Å². The number of methoxy groups -OCH3 is 2. The fourth-order valence-corrected chi connectivity index (χ4v) is 5.11. The number of hydrogen-bond acceptors (Lipinski definition) is 4. The minimum atomic E-state index is -3.67. The van der Waals surface area contributed by atoms with Gasteiger partial charge in [0.05, 0.1) is 19.5 Å². The first-order chi connectivity index (χ1) is 14.7. The van der Waals surface area contributed by atoms with Crippen molar-refractivity contribution < 1.29 is 22.3 Å². The zero-order valence-electron chi connectivity index (χ0n) is 18.2. The topological polar surface area (TPSA) is 55.8 Å². The number of nitrogens with zero attached hydrogens (tertiary/aromatic N) is 1. The van der Waals surface area contributed by atoms with Crippen LogP contribution in [0.3, 0.4) is 0 Å². The summed E-state index contributed by atoms with van der Waals surface area (Å²) < 4.78 is 51.5. The maximum absolute atomic E-state index is 13.5. The summed E-state index contributed by atoms with van der Waals surface area (Å²) >= 11 is 2.76. The molecule has 0 aliphatic carbocycles. The molecule has 0 amide bonds. The molecule has 2 atom stereocenters. The van der Waals surface area contributed by atoms with Crippen LogP contribution < -0.4 is 9.47 Å². The van der Waals surface area contributed by atoms with Gasteiger partial charge in [0.15, 0.2) is 4.74 Å². The van der Waals surface area contributed by atoms with Gasteiger partial charge < -0.3 is 9.47 Å². The normalized spacial score (nSPS) is 14.4. The summed E-state index contributed by atoms with van der Waals surface area (Å²) in [5.41, 5.74) is 1.70. The van der Waals surface area contributed by atoms with Gasteiger partial charge >= 0.3 is 0 Å². The molecule has 0 aromatic heterocycles. The second kappa shape index (κ2) is 11.6. The number of ether oxygens (including phenoxy) is 2. The Morgan fingerprint density at radius 1 is 0.968 bits per heavy atom. The summed E-state index contributed by atoms with van der Waals surface area (Å²) in [7, 11) is -0.500. The molecule has 0 fully saturated rings. The lowest BCUT2D eigenvalue weighted by Gasteiger charge is -2.29. The number of benzene rings is 2. The summed E-state index contributed by atoms with van der Waals surface area (Å²) in [6, 6.07) is 14.6. The van der Waals surface area contributed by atoms with E-state index < -0.39 is 20.0 Å². The molecule has 170 valence electrons. The van der Waals surface area contributed by atoms with Crippen molar-refractivity contribution in [2.75, 3.05) is 14.2 Å². The zero-order valence-corrected chi connectivity index (χ0v) is 20.6. The zero-order chi connectivity index (χ0) is 23.0. The molecule has 0 saturated carbocycles. The Morgan fingerprint density at radius 3 is 1.74 bits per heavy atom. The molecule has 0 aliphatic rings. The third-order valence-electron chi connectivity index (χ3n) is 5.31. The molecule has 8 heteroatoms. The molecule has 0 heterocycles. The summed E-state index contributed by atoms with van der Waals surface area (Å²) in [6.07, 6.45) is 1.67. The van der Waals surface area contributed by atoms with Crippen molar-refractivity contribution in [2.24, 2.45) is 5.92 Å². The number of sulfonamides is 1. The third kappa shape index (κ3) is 7.33. The van der Waals surface area contributed by atoms with E-state index in [0.29, 0.717) is 17.9 Å². The fraction of sp³-hybridized carbons (Fsp3) is 0.391. The first-order valence-corrected chi connectivity index (χ1v) is 12.2. The Labute approximate surface area is 193 Å². The van der Waals surface area contributed by atoms with E-state index in [0.717, 1.165) is 11.1 Å². The number of allylic oxidation sites excluding steroid dienone is 1. The van der Waals surface area contributed by atoms with Crippen molar-refractivity contribution in [2.45, 2.75) is 38.6 Å². The first-order valence-electron chi connectivity index (χ1n) is 9.93. The van der Waals surface area contributed by atoms with Crippen LogP contribution in [0.15, 0.2) is 59.3 Å². The number of rotatable bonds is 11. The summed E-state index contributed by atoms with van der Waals surface area (Å²) in [5, 5.41) is -0.688. The molecular weight excluding hydrogens is 485 g/mol. The maximum Gasteiger partial charge on any atom is 0.217 e. The quantitative estimate of drug-likeness (QED) is 0.389. The van der Waals surface area contributed by atoms with Crippen molar-refractivity contribution in [1.29, 1.82) is 0 Å². The molecular formula is C23H29BrFNO4S. The molecule has 5 nitrogen and oxygen atoms in total. The Hall–Kier alpha value is -1.90. The van der Waals surface area contributed by atoms with Gasteiger partial charge in [-0.05, 0) is 76.7 Å². The molecule has 0 saturated heterocycles. The van der Waals surface area contributed by atoms with Crippen molar-refractivity contribution in [3.63, 3.8) is 0 Å².